The summed E-state index contributed by atoms with van der Waals surface area (Å²) >= 11 is 0. The number of nitrogens with zero attached hydrogens (tertiary/aromatic N) is 3. The Bertz CT molecular complexity index is 431. The number of hydrogen-bond donors (Lipinski definition) is 2. The van der Waals surface area contributed by atoms with E-state index in [1.165, 1.54) is 0 Å². The Labute approximate surface area is 113 Å². The average molecular weight is 263 g/mol. The number of aromatic nitrogens is 1. The van der Waals surface area contributed by atoms with Gasteiger partial charge in [-0.15, -0.1) is 0 Å². The molecule has 104 valence electrons. The fraction of sp³-hybridized carbons (Fsp3) is 0.538. The maximum Gasteiger partial charge on any atom is 0.248 e. The molecule has 1 aromatic heterocycles. The molecule has 19 heavy (non-hydrogen) atoms. The Hall–Kier alpha value is -1.66. The summed E-state index contributed by atoms with van der Waals surface area (Å²) in [6, 6.07) is 3.37. The van der Waals surface area contributed by atoms with Gasteiger partial charge in [0.1, 0.15) is 5.82 Å². The van der Waals surface area contributed by atoms with Gasteiger partial charge >= 0.3 is 0 Å². The molecule has 3 N–H and O–H groups in total. The topological polar surface area (TPSA) is 74.5 Å². The van der Waals surface area contributed by atoms with Gasteiger partial charge in [-0.1, -0.05) is 0 Å². The van der Waals surface area contributed by atoms with Crippen LogP contribution in [0.2, 0.25) is 0 Å². The molecule has 0 bridgehead atoms. The number of likely N-dealkylation sites (N-methyl/N-ethyl adjacent to an activating group) is 1. The smallest absolute Gasteiger partial charge is 0.248 e. The van der Waals surface area contributed by atoms with Crippen molar-refractivity contribution in [1.29, 1.82) is 0 Å². The van der Waals surface area contributed by atoms with Crippen LogP contribution in [0.1, 0.15) is 10.4 Å². The molecular formula is C13H21N5O. The number of rotatable bonds is 5. The number of hydrogen-bond acceptors (Lipinski definition) is 5. The van der Waals surface area contributed by atoms with Crippen molar-refractivity contribution in [1.82, 2.24) is 15.2 Å². The van der Waals surface area contributed by atoms with Gasteiger partial charge in [0.05, 0.1) is 0 Å². The second kappa shape index (κ2) is 6.49. The second-order valence-corrected chi connectivity index (χ2v) is 4.78. The van der Waals surface area contributed by atoms with Crippen LogP contribution in [0, 0.1) is 0 Å². The molecule has 0 radical (unpaired) electrons. The standard InChI is InChI=1S/C13H21N5O/c1-17(8-9-18-6-4-15-5-7-18)12-10-11(13(14)19)2-3-16-12/h2-3,10,15H,4-9H2,1H3,(H2,14,19). The summed E-state index contributed by atoms with van der Waals surface area (Å²) < 4.78 is 0. The van der Waals surface area contributed by atoms with E-state index >= 15 is 0 Å². The van der Waals surface area contributed by atoms with E-state index in [0.717, 1.165) is 45.1 Å². The first-order valence-corrected chi connectivity index (χ1v) is 6.57. The third kappa shape index (κ3) is 3.90. The van der Waals surface area contributed by atoms with Crippen LogP contribution in [0.5, 0.6) is 0 Å². The predicted octanol–water partition coefficient (Wildman–Crippen LogP) is -0.478. The molecule has 1 fully saturated rings. The summed E-state index contributed by atoms with van der Waals surface area (Å²) in [5.41, 5.74) is 5.77. The van der Waals surface area contributed by atoms with Gasteiger partial charge in [0.2, 0.25) is 5.91 Å². The van der Waals surface area contributed by atoms with Crippen molar-refractivity contribution in [3.63, 3.8) is 0 Å². The molecule has 6 heteroatoms. The van der Waals surface area contributed by atoms with E-state index in [0.29, 0.717) is 5.56 Å². The number of carbonyl (C=O) groups is 1. The lowest BCUT2D eigenvalue weighted by atomic mass is 10.2. The van der Waals surface area contributed by atoms with E-state index in [1.807, 2.05) is 7.05 Å². The minimum absolute atomic E-state index is 0.417. The molecule has 0 aliphatic carbocycles. The SMILES string of the molecule is CN(CCN1CCNCC1)c1cc(C(N)=O)ccn1. The average Bonchev–Trinajstić information content (AvgIpc) is 2.46. The molecule has 2 rings (SSSR count). The Kier molecular flexibility index (Phi) is 4.70. The van der Waals surface area contributed by atoms with Gasteiger partial charge in [0.15, 0.2) is 0 Å². The molecule has 1 aromatic rings. The number of primary amides is 1. The van der Waals surface area contributed by atoms with Crippen LogP contribution in [0.4, 0.5) is 5.82 Å². The summed E-state index contributed by atoms with van der Waals surface area (Å²) in [4.78, 5) is 19.9. The van der Waals surface area contributed by atoms with E-state index in [1.54, 1.807) is 18.3 Å². The van der Waals surface area contributed by atoms with Gasteiger partial charge in [-0.3, -0.25) is 9.69 Å². The highest BCUT2D eigenvalue weighted by Gasteiger charge is 2.11. The number of anilines is 1. The number of amides is 1. The lowest BCUT2D eigenvalue weighted by Crippen LogP contribution is -2.46. The Morgan fingerprint density at radius 3 is 2.95 bits per heavy atom. The van der Waals surface area contributed by atoms with Crippen molar-refractivity contribution in [3.05, 3.63) is 23.9 Å². The second-order valence-electron chi connectivity index (χ2n) is 4.78. The summed E-state index contributed by atoms with van der Waals surface area (Å²) in [7, 11) is 1.98. The summed E-state index contributed by atoms with van der Waals surface area (Å²) in [5.74, 6) is 0.366. The van der Waals surface area contributed by atoms with Crippen molar-refractivity contribution >= 4 is 11.7 Å². The minimum atomic E-state index is -0.417. The van der Waals surface area contributed by atoms with Crippen LogP contribution in [-0.2, 0) is 0 Å². The van der Waals surface area contributed by atoms with Crippen molar-refractivity contribution in [2.75, 3.05) is 51.2 Å². The first-order valence-electron chi connectivity index (χ1n) is 6.57. The van der Waals surface area contributed by atoms with E-state index in [4.69, 9.17) is 5.73 Å². The fourth-order valence-electron chi connectivity index (χ4n) is 2.12. The first kappa shape index (κ1) is 13.8. The highest BCUT2D eigenvalue weighted by atomic mass is 16.1. The predicted molar refractivity (Wildman–Crippen MR) is 75.3 cm³/mol. The normalized spacial score (nSPS) is 16.3. The first-order chi connectivity index (χ1) is 9.16. The molecule has 2 heterocycles. The lowest BCUT2D eigenvalue weighted by molar-refractivity contribution is 0.1000. The molecule has 0 aromatic carbocycles. The largest absolute Gasteiger partial charge is 0.366 e. The van der Waals surface area contributed by atoms with Crippen LogP contribution in [0.15, 0.2) is 18.3 Å². The molecule has 0 atom stereocenters. The number of carbonyl (C=O) groups excluding carboxylic acids is 1. The number of pyridine rings is 1. The van der Waals surface area contributed by atoms with Gasteiger partial charge in [0.25, 0.3) is 0 Å². The minimum Gasteiger partial charge on any atom is -0.366 e. The molecule has 1 amide bonds. The Morgan fingerprint density at radius 2 is 2.26 bits per heavy atom. The van der Waals surface area contributed by atoms with Crippen molar-refractivity contribution in [2.45, 2.75) is 0 Å². The van der Waals surface area contributed by atoms with Crippen molar-refractivity contribution in [3.8, 4) is 0 Å². The quantitative estimate of drug-likeness (QED) is 0.751. The zero-order valence-corrected chi connectivity index (χ0v) is 11.3. The molecule has 1 aliphatic heterocycles. The molecule has 0 spiro atoms. The monoisotopic (exact) mass is 263 g/mol. The number of nitrogens with one attached hydrogen (secondary N) is 1. The van der Waals surface area contributed by atoms with Crippen LogP contribution in [-0.4, -0.2) is 62.1 Å². The van der Waals surface area contributed by atoms with Gasteiger partial charge in [-0.2, -0.15) is 0 Å². The van der Waals surface area contributed by atoms with Crippen LogP contribution >= 0.6 is 0 Å². The maximum atomic E-state index is 11.1. The third-order valence-electron chi connectivity index (χ3n) is 3.38. The summed E-state index contributed by atoms with van der Waals surface area (Å²) in [5, 5.41) is 3.33. The third-order valence-corrected chi connectivity index (χ3v) is 3.38. The van der Waals surface area contributed by atoms with Gasteiger partial charge in [-0.25, -0.2) is 4.98 Å². The van der Waals surface area contributed by atoms with E-state index in [9.17, 15) is 4.79 Å². The highest BCUT2D eigenvalue weighted by molar-refractivity contribution is 5.93. The van der Waals surface area contributed by atoms with Gasteiger partial charge < -0.3 is 16.0 Å². The molecule has 6 nitrogen and oxygen atoms in total. The van der Waals surface area contributed by atoms with E-state index < -0.39 is 5.91 Å². The summed E-state index contributed by atoms with van der Waals surface area (Å²) in [6.07, 6.45) is 1.62. The maximum absolute atomic E-state index is 11.1. The Balaban J connectivity index is 1.89. The number of piperazine rings is 1. The zero-order valence-electron chi connectivity index (χ0n) is 11.3. The lowest BCUT2D eigenvalue weighted by Gasteiger charge is -2.29. The fourth-order valence-corrected chi connectivity index (χ4v) is 2.12. The van der Waals surface area contributed by atoms with E-state index in [-0.39, 0.29) is 0 Å². The molecule has 0 unspecified atom stereocenters. The molecular weight excluding hydrogens is 242 g/mol. The highest BCUT2D eigenvalue weighted by Crippen LogP contribution is 2.10. The molecule has 1 saturated heterocycles. The van der Waals surface area contributed by atoms with Crippen LogP contribution in [0.3, 0.4) is 0 Å². The Morgan fingerprint density at radius 1 is 1.53 bits per heavy atom. The van der Waals surface area contributed by atoms with E-state index in [2.05, 4.69) is 20.1 Å². The van der Waals surface area contributed by atoms with Crippen molar-refractivity contribution < 1.29 is 4.79 Å². The zero-order chi connectivity index (χ0) is 13.7. The van der Waals surface area contributed by atoms with Gasteiger partial charge in [0, 0.05) is 58.1 Å². The number of nitrogens with two attached hydrogens (primary N) is 1. The molecule has 1 aliphatic rings. The summed E-state index contributed by atoms with van der Waals surface area (Å²) in [6.45, 7) is 6.17. The molecule has 0 saturated carbocycles. The van der Waals surface area contributed by atoms with Crippen LogP contribution < -0.4 is 16.0 Å². The van der Waals surface area contributed by atoms with Gasteiger partial charge in [-0.05, 0) is 12.1 Å². The van der Waals surface area contributed by atoms with Crippen LogP contribution in [0.25, 0.3) is 0 Å². The van der Waals surface area contributed by atoms with Crippen molar-refractivity contribution in [2.24, 2.45) is 5.73 Å².